The van der Waals surface area contributed by atoms with Crippen molar-refractivity contribution in [2.75, 3.05) is 54.0 Å². The number of amides is 3. The van der Waals surface area contributed by atoms with E-state index in [0.29, 0.717) is 36.8 Å². The number of esters is 1. The Morgan fingerprint density at radius 1 is 1.13 bits per heavy atom. The van der Waals surface area contributed by atoms with Crippen molar-refractivity contribution in [1.82, 2.24) is 20.4 Å². The fourth-order valence-corrected chi connectivity index (χ4v) is 9.39. The van der Waals surface area contributed by atoms with E-state index >= 15 is 0 Å². The minimum atomic E-state index is -0.739. The second kappa shape index (κ2) is 16.2. The van der Waals surface area contributed by atoms with Gasteiger partial charge >= 0.3 is 12.1 Å². The summed E-state index contributed by atoms with van der Waals surface area (Å²) in [5.41, 5.74) is 12.9. The molecule has 294 valence electrons. The minimum absolute atomic E-state index is 0.0106. The molecule has 0 radical (unpaired) electrons. The van der Waals surface area contributed by atoms with Crippen LogP contribution in [-0.2, 0) is 40.5 Å². The number of nitrogens with zero attached hydrogens (tertiary/aromatic N) is 3. The van der Waals surface area contributed by atoms with Crippen LogP contribution < -0.4 is 31.6 Å². The molecular weight excluding hydrogens is 698 g/mol. The van der Waals surface area contributed by atoms with Crippen LogP contribution in [0.1, 0.15) is 63.0 Å². The topological polar surface area (TPSA) is 217 Å². The Hall–Kier alpha value is -4.86. The lowest BCUT2D eigenvalue weighted by Crippen LogP contribution is -2.63. The number of nitrogens with two attached hydrogens (primary N) is 2. The predicted molar refractivity (Wildman–Crippen MR) is 196 cm³/mol. The van der Waals surface area contributed by atoms with E-state index in [1.165, 1.54) is 25.2 Å². The first-order chi connectivity index (χ1) is 25.9. The fourth-order valence-electron chi connectivity index (χ4n) is 9.39. The third kappa shape index (κ3) is 7.57. The number of ketones is 1. The second-order valence-electron chi connectivity index (χ2n) is 15.1. The molecular formula is C38H53N7O9. The number of piperidine rings is 2. The van der Waals surface area contributed by atoms with Crippen LogP contribution in [0.15, 0.2) is 29.0 Å². The number of likely N-dealkylation sites (N-methyl/N-ethyl adjacent to an activating group) is 1. The molecule has 2 saturated heterocycles. The molecule has 6 rings (SSSR count). The van der Waals surface area contributed by atoms with Gasteiger partial charge in [0.15, 0.2) is 29.3 Å². The smallest absolute Gasteiger partial charge is 0.415 e. The predicted octanol–water partition coefficient (Wildman–Crippen LogP) is 1.13. The average molecular weight is 752 g/mol. The summed E-state index contributed by atoms with van der Waals surface area (Å²) in [5.74, 6) is -0.635. The third-order valence-corrected chi connectivity index (χ3v) is 12.0. The van der Waals surface area contributed by atoms with Gasteiger partial charge in [0.25, 0.3) is 0 Å². The van der Waals surface area contributed by atoms with E-state index in [9.17, 15) is 24.0 Å². The van der Waals surface area contributed by atoms with Crippen molar-refractivity contribution in [2.24, 2.45) is 34.2 Å². The van der Waals surface area contributed by atoms with Crippen molar-refractivity contribution in [3.05, 3.63) is 35.1 Å². The zero-order valence-electron chi connectivity index (χ0n) is 31.6. The average Bonchev–Trinajstić information content (AvgIpc) is 3.51. The minimum Gasteiger partial charge on any atom is -0.493 e. The molecule has 5 aliphatic rings. The Labute approximate surface area is 315 Å². The molecule has 3 amide bonds. The number of allylic oxidation sites excluding steroid dienone is 1. The highest BCUT2D eigenvalue weighted by Gasteiger charge is 2.65. The quantitative estimate of drug-likeness (QED) is 0.0911. The lowest BCUT2D eigenvalue weighted by molar-refractivity contribution is -0.147. The van der Waals surface area contributed by atoms with Gasteiger partial charge in [0.2, 0.25) is 11.8 Å². The standard InChI is InChI=1S/C38H53N7O9/c1-21(46)42-20-26(47)17-23(6-5-13-41-36(39)40)34(48)43-19-25-16-24(35(49)52-4)11-14-45(25)37(50)53-30-10-8-27-28-18-22-7-9-29(51-3)32-31(22)38(27,33(30)54-32)12-15-44(28)2/h7,9-10,23-25,27-28,33H,5-6,8,11-20H2,1-4H3,(H,42,46)(H,43,48)(H4,39,40,41)/t23-,24?,25?,27?,28-,33-,38+/m1/s1. The molecule has 16 nitrogen and oxygen atoms in total. The molecule has 1 spiro atoms. The maximum Gasteiger partial charge on any atom is 0.415 e. The van der Waals surface area contributed by atoms with Gasteiger partial charge in [0, 0.05) is 55.9 Å². The molecule has 16 heteroatoms. The Balaban J connectivity index is 1.19. The van der Waals surface area contributed by atoms with Crippen molar-refractivity contribution in [2.45, 2.75) is 81.9 Å². The summed E-state index contributed by atoms with van der Waals surface area (Å²) in [6.07, 6.45) is 4.60. The number of carbonyl (C=O) groups excluding carboxylic acids is 5. The maximum absolute atomic E-state index is 14.2. The Kier molecular flexibility index (Phi) is 11.7. The highest BCUT2D eigenvalue weighted by molar-refractivity contribution is 5.90. The van der Waals surface area contributed by atoms with Crippen LogP contribution in [0.25, 0.3) is 0 Å². The van der Waals surface area contributed by atoms with Crippen LogP contribution in [0.3, 0.4) is 0 Å². The molecule has 2 bridgehead atoms. The molecule has 0 aromatic heterocycles. The number of carbonyl (C=O) groups is 5. The monoisotopic (exact) mass is 751 g/mol. The first-order valence-corrected chi connectivity index (χ1v) is 18.8. The zero-order chi connectivity index (χ0) is 38.7. The number of benzene rings is 1. The number of nitrogens with one attached hydrogen (secondary N) is 2. The lowest BCUT2D eigenvalue weighted by atomic mass is 9.53. The van der Waals surface area contributed by atoms with Crippen LogP contribution in [-0.4, -0.2) is 118 Å². The molecule has 6 N–H and O–H groups in total. The summed E-state index contributed by atoms with van der Waals surface area (Å²) < 4.78 is 23.8. The van der Waals surface area contributed by atoms with Crippen molar-refractivity contribution in [3.63, 3.8) is 0 Å². The lowest BCUT2D eigenvalue weighted by Gasteiger charge is -2.56. The highest BCUT2D eigenvalue weighted by Crippen LogP contribution is 2.63. The first-order valence-electron chi connectivity index (χ1n) is 18.8. The van der Waals surface area contributed by atoms with E-state index in [0.717, 1.165) is 31.6 Å². The number of likely N-dealkylation sites (tertiary alicyclic amines) is 2. The van der Waals surface area contributed by atoms with Crippen LogP contribution in [0.2, 0.25) is 0 Å². The van der Waals surface area contributed by atoms with Gasteiger partial charge < -0.3 is 50.8 Å². The van der Waals surface area contributed by atoms with Gasteiger partial charge in [0.05, 0.1) is 32.7 Å². The Morgan fingerprint density at radius 2 is 1.93 bits per heavy atom. The normalized spacial score (nSPS) is 26.9. The molecule has 1 aromatic carbocycles. The van der Waals surface area contributed by atoms with Gasteiger partial charge in [0.1, 0.15) is 5.76 Å². The van der Waals surface area contributed by atoms with Gasteiger partial charge in [-0.05, 0) is 82.2 Å². The number of guanidine groups is 1. The van der Waals surface area contributed by atoms with Crippen LogP contribution in [0, 0.1) is 17.8 Å². The van der Waals surface area contributed by atoms with E-state index < -0.39 is 42.0 Å². The SMILES string of the molecule is COC(=O)C1CCN(C(=O)OC2=CCC3[C@H]4Cc5ccc(OC)c6c5[C@@]3(CCN4C)[C@@H]2O6)C(CNC(=O)[C@H](CCCN=C(N)N)CC(=O)CNC(C)=O)C1. The van der Waals surface area contributed by atoms with Gasteiger partial charge in [-0.2, -0.15) is 0 Å². The van der Waals surface area contributed by atoms with Gasteiger partial charge in [-0.1, -0.05) is 6.07 Å². The largest absolute Gasteiger partial charge is 0.493 e. The van der Waals surface area contributed by atoms with Crippen LogP contribution >= 0.6 is 0 Å². The summed E-state index contributed by atoms with van der Waals surface area (Å²) >= 11 is 0. The molecule has 3 unspecified atom stereocenters. The van der Waals surface area contributed by atoms with Crippen molar-refractivity contribution >= 4 is 35.6 Å². The summed E-state index contributed by atoms with van der Waals surface area (Å²) in [7, 11) is 5.13. The van der Waals surface area contributed by atoms with E-state index in [-0.39, 0.29) is 68.0 Å². The number of aliphatic imine (C=N–C) groups is 1. The fraction of sp³-hybridized carbons (Fsp3) is 0.632. The van der Waals surface area contributed by atoms with E-state index in [4.69, 9.17) is 30.4 Å². The van der Waals surface area contributed by atoms with Crippen LogP contribution in [0.4, 0.5) is 4.79 Å². The molecule has 2 fully saturated rings. The number of hydrogen-bond acceptors (Lipinski definition) is 11. The number of ether oxygens (including phenoxy) is 4. The zero-order valence-corrected chi connectivity index (χ0v) is 31.6. The molecule has 54 heavy (non-hydrogen) atoms. The summed E-state index contributed by atoms with van der Waals surface area (Å²) in [4.78, 5) is 72.5. The van der Waals surface area contributed by atoms with Gasteiger partial charge in [-0.3, -0.25) is 24.2 Å². The van der Waals surface area contributed by atoms with E-state index in [1.807, 2.05) is 12.1 Å². The number of hydrogen-bond donors (Lipinski definition) is 4. The van der Waals surface area contributed by atoms with Crippen molar-refractivity contribution in [1.29, 1.82) is 0 Å². The summed E-state index contributed by atoms with van der Waals surface area (Å²) in [6, 6.07) is 3.80. The molecule has 2 aliphatic carbocycles. The van der Waals surface area contributed by atoms with Crippen LogP contribution in [0.5, 0.6) is 11.5 Å². The van der Waals surface area contributed by atoms with Crippen molar-refractivity contribution < 1.29 is 42.9 Å². The second-order valence-corrected chi connectivity index (χ2v) is 15.1. The van der Waals surface area contributed by atoms with E-state index in [1.54, 1.807) is 12.0 Å². The number of methoxy groups -OCH3 is 2. The Bertz CT molecular complexity index is 1710. The highest BCUT2D eigenvalue weighted by atomic mass is 16.6. The first kappa shape index (κ1) is 38.9. The molecule has 7 atom stereocenters. The Morgan fingerprint density at radius 3 is 2.65 bits per heavy atom. The molecule has 3 aliphatic heterocycles. The summed E-state index contributed by atoms with van der Waals surface area (Å²) in [5, 5.41) is 5.40. The number of Topliss-reactive ketones (excluding diaryl/α,β-unsaturated/α-hetero) is 1. The molecule has 0 saturated carbocycles. The molecule has 1 aromatic rings. The van der Waals surface area contributed by atoms with E-state index in [2.05, 4.69) is 33.6 Å². The molecule has 3 heterocycles. The summed E-state index contributed by atoms with van der Waals surface area (Å²) in [6.45, 7) is 2.48. The van der Waals surface area contributed by atoms with Crippen molar-refractivity contribution in [3.8, 4) is 11.5 Å². The van der Waals surface area contributed by atoms with Gasteiger partial charge in [-0.15, -0.1) is 0 Å². The van der Waals surface area contributed by atoms with Gasteiger partial charge in [-0.25, -0.2) is 4.79 Å². The third-order valence-electron chi connectivity index (χ3n) is 12.0. The maximum atomic E-state index is 14.2. The number of rotatable bonds is 14.